The molecule has 0 fully saturated rings. The molecular formula is C15H13BrIN2O-. The van der Waals surface area contributed by atoms with Crippen molar-refractivity contribution >= 4 is 21.6 Å². The zero-order chi connectivity index (χ0) is 13.2. The van der Waals surface area contributed by atoms with Gasteiger partial charge in [0.1, 0.15) is 11.4 Å². The van der Waals surface area contributed by atoms with Crippen LogP contribution in [0.25, 0.3) is 16.9 Å². The normalized spacial score (nSPS) is 10.3. The maximum atomic E-state index is 5.44. The summed E-state index contributed by atoms with van der Waals surface area (Å²) in [7, 11) is 0. The number of ether oxygens (including phenoxy) is 1. The maximum Gasteiger partial charge on any atom is 0.137 e. The lowest BCUT2D eigenvalue weighted by Gasteiger charge is -2.02. The van der Waals surface area contributed by atoms with Gasteiger partial charge >= 0.3 is 0 Å². The monoisotopic (exact) mass is 443 g/mol. The Balaban J connectivity index is 0.00000147. The maximum absolute atomic E-state index is 5.44. The fourth-order valence-electron chi connectivity index (χ4n) is 1.99. The topological polar surface area (TPSA) is 26.5 Å². The quantitative estimate of drug-likeness (QED) is 0.568. The van der Waals surface area contributed by atoms with Gasteiger partial charge in [-0.1, -0.05) is 0 Å². The van der Waals surface area contributed by atoms with E-state index < -0.39 is 0 Å². The summed E-state index contributed by atoms with van der Waals surface area (Å²) in [5.41, 5.74) is 2.98. The Morgan fingerprint density at radius 3 is 2.55 bits per heavy atom. The average Bonchev–Trinajstić information content (AvgIpc) is 2.83. The minimum Gasteiger partial charge on any atom is -1.00 e. The van der Waals surface area contributed by atoms with Crippen LogP contribution in [0.5, 0.6) is 5.75 Å². The summed E-state index contributed by atoms with van der Waals surface area (Å²) in [6.45, 7) is 2.66. The fourth-order valence-corrected chi connectivity index (χ4v) is 2.35. The molecule has 0 aliphatic carbocycles. The Morgan fingerprint density at radius 2 is 1.85 bits per heavy atom. The van der Waals surface area contributed by atoms with E-state index in [1.807, 2.05) is 60.1 Å². The summed E-state index contributed by atoms with van der Waals surface area (Å²) >= 11 is 3.46. The second-order valence-corrected chi connectivity index (χ2v) is 5.11. The van der Waals surface area contributed by atoms with Crippen LogP contribution in [0.15, 0.2) is 53.3 Å². The first-order valence-electron chi connectivity index (χ1n) is 6.14. The number of pyridine rings is 1. The van der Waals surface area contributed by atoms with Crippen LogP contribution in [0, 0.1) is 0 Å². The van der Waals surface area contributed by atoms with Crippen molar-refractivity contribution < 1.29 is 28.7 Å². The third-order valence-corrected chi connectivity index (χ3v) is 3.35. The van der Waals surface area contributed by atoms with Gasteiger partial charge in [0.2, 0.25) is 0 Å². The smallest absolute Gasteiger partial charge is 0.137 e. The molecule has 0 saturated carbocycles. The Morgan fingerprint density at radius 1 is 1.10 bits per heavy atom. The standard InChI is InChI=1S/C15H13BrN2O.HI/c1-2-19-13-6-3-11(4-7-13)14-10-18-9-12(16)5-8-15(18)17-14;/h3-10H,2H2,1H3;1H/p-1. The number of rotatable bonds is 3. The van der Waals surface area contributed by atoms with E-state index in [-0.39, 0.29) is 24.0 Å². The number of halogens is 2. The van der Waals surface area contributed by atoms with Gasteiger partial charge in [0, 0.05) is 22.4 Å². The Kier molecular flexibility index (Phi) is 5.04. The van der Waals surface area contributed by atoms with Gasteiger partial charge in [0.05, 0.1) is 12.3 Å². The lowest BCUT2D eigenvalue weighted by Crippen LogP contribution is -3.00. The van der Waals surface area contributed by atoms with E-state index in [0.717, 1.165) is 27.1 Å². The molecule has 20 heavy (non-hydrogen) atoms. The van der Waals surface area contributed by atoms with Crippen molar-refractivity contribution in [1.82, 2.24) is 9.38 Å². The molecule has 3 nitrogen and oxygen atoms in total. The molecule has 5 heteroatoms. The van der Waals surface area contributed by atoms with E-state index in [4.69, 9.17) is 4.74 Å². The van der Waals surface area contributed by atoms with Gasteiger partial charge in [-0.2, -0.15) is 0 Å². The third-order valence-electron chi connectivity index (χ3n) is 2.88. The summed E-state index contributed by atoms with van der Waals surface area (Å²) in [4.78, 5) is 4.60. The SMILES string of the molecule is CCOc1ccc(-c2cn3cc(Br)ccc3n2)cc1.[I-]. The highest BCUT2D eigenvalue weighted by molar-refractivity contribution is 9.10. The molecule has 3 aromatic rings. The number of aromatic nitrogens is 2. The molecule has 3 rings (SSSR count). The van der Waals surface area contributed by atoms with Crippen LogP contribution in [-0.4, -0.2) is 16.0 Å². The molecule has 2 aromatic heterocycles. The van der Waals surface area contributed by atoms with Crippen molar-refractivity contribution in [3.63, 3.8) is 0 Å². The first-order chi connectivity index (χ1) is 9.26. The molecule has 0 amide bonds. The number of benzene rings is 1. The molecule has 2 heterocycles. The molecule has 0 spiro atoms. The highest BCUT2D eigenvalue weighted by Gasteiger charge is 2.04. The van der Waals surface area contributed by atoms with Crippen LogP contribution in [0.1, 0.15) is 6.92 Å². The van der Waals surface area contributed by atoms with Gasteiger partial charge < -0.3 is 33.1 Å². The molecule has 0 aliphatic heterocycles. The van der Waals surface area contributed by atoms with Gasteiger partial charge in [-0.15, -0.1) is 0 Å². The van der Waals surface area contributed by atoms with Crippen molar-refractivity contribution in [2.75, 3.05) is 6.61 Å². The molecule has 0 radical (unpaired) electrons. The van der Waals surface area contributed by atoms with E-state index in [9.17, 15) is 0 Å². The van der Waals surface area contributed by atoms with E-state index in [0.29, 0.717) is 6.61 Å². The number of hydrogen-bond donors (Lipinski definition) is 0. The molecule has 0 bridgehead atoms. The molecule has 0 atom stereocenters. The van der Waals surface area contributed by atoms with Gasteiger partial charge in [0.15, 0.2) is 0 Å². The minimum atomic E-state index is 0. The minimum absolute atomic E-state index is 0. The molecule has 0 saturated heterocycles. The molecule has 0 N–H and O–H groups in total. The van der Waals surface area contributed by atoms with E-state index in [1.54, 1.807) is 0 Å². The van der Waals surface area contributed by atoms with Crippen LogP contribution in [-0.2, 0) is 0 Å². The van der Waals surface area contributed by atoms with E-state index in [2.05, 4.69) is 20.9 Å². The predicted octanol–water partition coefficient (Wildman–Crippen LogP) is 1.17. The molecule has 104 valence electrons. The summed E-state index contributed by atoms with van der Waals surface area (Å²) in [5, 5.41) is 0. The van der Waals surface area contributed by atoms with Crippen LogP contribution in [0.2, 0.25) is 0 Å². The fraction of sp³-hybridized carbons (Fsp3) is 0.133. The number of nitrogens with zero attached hydrogens (tertiary/aromatic N) is 2. The first-order valence-corrected chi connectivity index (χ1v) is 6.93. The third kappa shape index (κ3) is 3.15. The van der Waals surface area contributed by atoms with Crippen LogP contribution in [0.4, 0.5) is 0 Å². The van der Waals surface area contributed by atoms with E-state index >= 15 is 0 Å². The Hall–Kier alpha value is -1.08. The lowest BCUT2D eigenvalue weighted by atomic mass is 10.2. The van der Waals surface area contributed by atoms with Crippen molar-refractivity contribution in [3.8, 4) is 17.0 Å². The van der Waals surface area contributed by atoms with Crippen molar-refractivity contribution in [2.24, 2.45) is 0 Å². The largest absolute Gasteiger partial charge is 1.00 e. The lowest BCUT2D eigenvalue weighted by molar-refractivity contribution is -0.00000433. The predicted molar refractivity (Wildman–Crippen MR) is 79.5 cm³/mol. The summed E-state index contributed by atoms with van der Waals surface area (Å²) in [5.74, 6) is 0.887. The second-order valence-electron chi connectivity index (χ2n) is 4.20. The molecule has 0 unspecified atom stereocenters. The highest BCUT2D eigenvalue weighted by atomic mass is 127. The van der Waals surface area contributed by atoms with Crippen LogP contribution in [0.3, 0.4) is 0 Å². The van der Waals surface area contributed by atoms with Crippen LogP contribution >= 0.6 is 15.9 Å². The summed E-state index contributed by atoms with van der Waals surface area (Å²) in [6.07, 6.45) is 4.02. The first kappa shape index (κ1) is 15.3. The molecule has 1 aromatic carbocycles. The second kappa shape index (κ2) is 6.58. The average molecular weight is 444 g/mol. The summed E-state index contributed by atoms with van der Waals surface area (Å²) in [6, 6.07) is 12.0. The molecule has 0 aliphatic rings. The molecular weight excluding hydrogens is 431 g/mol. The van der Waals surface area contributed by atoms with Crippen molar-refractivity contribution in [3.05, 3.63) is 53.3 Å². The Labute approximate surface area is 143 Å². The van der Waals surface area contributed by atoms with Crippen molar-refractivity contribution in [1.29, 1.82) is 0 Å². The summed E-state index contributed by atoms with van der Waals surface area (Å²) < 4.78 is 8.49. The zero-order valence-corrected chi connectivity index (χ0v) is 14.6. The van der Waals surface area contributed by atoms with Gasteiger partial charge in [0.25, 0.3) is 0 Å². The van der Waals surface area contributed by atoms with Gasteiger partial charge in [-0.3, -0.25) is 0 Å². The van der Waals surface area contributed by atoms with Crippen LogP contribution < -0.4 is 28.7 Å². The number of imidazole rings is 1. The van der Waals surface area contributed by atoms with Gasteiger partial charge in [-0.05, 0) is 59.3 Å². The zero-order valence-electron chi connectivity index (χ0n) is 10.9. The van der Waals surface area contributed by atoms with E-state index in [1.165, 1.54) is 0 Å². The Bertz CT molecular complexity index is 709. The number of fused-ring (bicyclic) bond motifs is 1. The van der Waals surface area contributed by atoms with Gasteiger partial charge in [-0.25, -0.2) is 4.98 Å². The number of hydrogen-bond acceptors (Lipinski definition) is 2. The van der Waals surface area contributed by atoms with Crippen molar-refractivity contribution in [2.45, 2.75) is 6.92 Å². The highest BCUT2D eigenvalue weighted by Crippen LogP contribution is 2.23.